The molecule has 1 rings (SSSR count). The molecule has 0 bridgehead atoms. The average Bonchev–Trinajstić information content (AvgIpc) is 2.25. The summed E-state index contributed by atoms with van der Waals surface area (Å²) in [6, 6.07) is 1.81. The van der Waals surface area contributed by atoms with Crippen molar-refractivity contribution in [3.8, 4) is 12.3 Å². The van der Waals surface area contributed by atoms with Crippen molar-refractivity contribution in [2.45, 2.75) is 13.8 Å². The summed E-state index contributed by atoms with van der Waals surface area (Å²) >= 11 is 0. The molecule has 1 amide bonds. The van der Waals surface area contributed by atoms with E-state index in [0.29, 0.717) is 18.7 Å². The van der Waals surface area contributed by atoms with E-state index in [2.05, 4.69) is 10.9 Å². The van der Waals surface area contributed by atoms with Gasteiger partial charge < -0.3 is 4.90 Å². The molecule has 1 aromatic rings. The minimum atomic E-state index is -0.0633. The van der Waals surface area contributed by atoms with E-state index in [1.807, 2.05) is 19.9 Å². The molecular formula is C12H14N2O. The van der Waals surface area contributed by atoms with Crippen molar-refractivity contribution < 1.29 is 4.79 Å². The first-order valence-corrected chi connectivity index (χ1v) is 4.83. The normalized spacial score (nSPS) is 9.40. The smallest absolute Gasteiger partial charge is 0.256 e. The second kappa shape index (κ2) is 5.16. The molecule has 0 spiro atoms. The summed E-state index contributed by atoms with van der Waals surface area (Å²) < 4.78 is 0. The Morgan fingerprint density at radius 3 is 2.87 bits per heavy atom. The van der Waals surface area contributed by atoms with Gasteiger partial charge in [0.25, 0.3) is 5.91 Å². The van der Waals surface area contributed by atoms with E-state index >= 15 is 0 Å². The molecule has 1 heterocycles. The third-order valence-electron chi connectivity index (χ3n) is 2.07. The fraction of sp³-hybridized carbons (Fsp3) is 0.333. The molecule has 0 unspecified atom stereocenters. The minimum Gasteiger partial charge on any atom is -0.328 e. The van der Waals surface area contributed by atoms with Crippen LogP contribution < -0.4 is 0 Å². The highest BCUT2D eigenvalue weighted by molar-refractivity contribution is 5.94. The van der Waals surface area contributed by atoms with Gasteiger partial charge in [0.15, 0.2) is 0 Å². The van der Waals surface area contributed by atoms with E-state index in [1.165, 1.54) is 0 Å². The topological polar surface area (TPSA) is 33.2 Å². The molecule has 0 saturated heterocycles. The molecule has 0 atom stereocenters. The van der Waals surface area contributed by atoms with Crippen LogP contribution in [0.5, 0.6) is 0 Å². The van der Waals surface area contributed by atoms with Crippen molar-refractivity contribution in [3.05, 3.63) is 29.6 Å². The summed E-state index contributed by atoms with van der Waals surface area (Å²) in [5.74, 6) is 2.41. The number of aromatic nitrogens is 1. The van der Waals surface area contributed by atoms with E-state index in [0.717, 1.165) is 5.56 Å². The summed E-state index contributed by atoms with van der Waals surface area (Å²) in [5.41, 5.74) is 1.56. The van der Waals surface area contributed by atoms with Crippen LogP contribution in [0.3, 0.4) is 0 Å². The summed E-state index contributed by atoms with van der Waals surface area (Å²) in [7, 11) is 0. The summed E-state index contributed by atoms with van der Waals surface area (Å²) in [4.78, 5) is 17.5. The largest absolute Gasteiger partial charge is 0.328 e. The number of aryl methyl sites for hydroxylation is 1. The van der Waals surface area contributed by atoms with Crippen molar-refractivity contribution >= 4 is 5.91 Å². The predicted molar refractivity (Wildman–Crippen MR) is 59.4 cm³/mol. The third-order valence-corrected chi connectivity index (χ3v) is 2.07. The zero-order chi connectivity index (χ0) is 11.3. The molecule has 78 valence electrons. The number of carbonyl (C=O) groups excluding carboxylic acids is 1. The molecule has 0 aromatic carbocycles. The fourth-order valence-corrected chi connectivity index (χ4v) is 1.29. The van der Waals surface area contributed by atoms with Crippen molar-refractivity contribution in [2.24, 2.45) is 0 Å². The monoisotopic (exact) mass is 202 g/mol. The fourth-order valence-electron chi connectivity index (χ4n) is 1.29. The summed E-state index contributed by atoms with van der Waals surface area (Å²) in [6.45, 7) is 4.75. The Hall–Kier alpha value is -1.82. The molecule has 3 heteroatoms. The van der Waals surface area contributed by atoms with Gasteiger partial charge in [-0.3, -0.25) is 9.78 Å². The van der Waals surface area contributed by atoms with Gasteiger partial charge in [0.05, 0.1) is 12.1 Å². The summed E-state index contributed by atoms with van der Waals surface area (Å²) in [5, 5.41) is 0. The molecule has 15 heavy (non-hydrogen) atoms. The van der Waals surface area contributed by atoms with E-state index in [9.17, 15) is 4.79 Å². The van der Waals surface area contributed by atoms with E-state index in [-0.39, 0.29) is 5.91 Å². The Morgan fingerprint density at radius 2 is 2.33 bits per heavy atom. The SMILES string of the molecule is C#CCN(CC)C(=O)c1cncc(C)c1. The molecule has 0 aliphatic carbocycles. The number of carbonyl (C=O) groups is 1. The van der Waals surface area contributed by atoms with Gasteiger partial charge in [-0.25, -0.2) is 0 Å². The number of rotatable bonds is 3. The molecule has 1 aromatic heterocycles. The highest BCUT2D eigenvalue weighted by Gasteiger charge is 2.12. The number of hydrogen-bond acceptors (Lipinski definition) is 2. The van der Waals surface area contributed by atoms with Gasteiger partial charge in [0, 0.05) is 18.9 Å². The Morgan fingerprint density at radius 1 is 1.60 bits per heavy atom. The van der Waals surface area contributed by atoms with Crippen molar-refractivity contribution in [1.29, 1.82) is 0 Å². The van der Waals surface area contributed by atoms with E-state index in [4.69, 9.17) is 6.42 Å². The van der Waals surface area contributed by atoms with Gasteiger partial charge in [-0.05, 0) is 25.5 Å². The van der Waals surface area contributed by atoms with Crippen LogP contribution in [0, 0.1) is 19.3 Å². The lowest BCUT2D eigenvalue weighted by atomic mass is 10.2. The Labute approximate surface area is 90.1 Å². The van der Waals surface area contributed by atoms with Crippen LogP contribution in [0.4, 0.5) is 0 Å². The number of hydrogen-bond donors (Lipinski definition) is 0. The zero-order valence-electron chi connectivity index (χ0n) is 9.03. The van der Waals surface area contributed by atoms with E-state index in [1.54, 1.807) is 17.3 Å². The molecule has 0 aliphatic rings. The van der Waals surface area contributed by atoms with Crippen LogP contribution in [0.1, 0.15) is 22.8 Å². The van der Waals surface area contributed by atoms with Gasteiger partial charge in [-0.15, -0.1) is 6.42 Å². The quantitative estimate of drug-likeness (QED) is 0.696. The first kappa shape index (κ1) is 11.3. The number of nitrogens with zero attached hydrogens (tertiary/aromatic N) is 2. The Kier molecular flexibility index (Phi) is 3.87. The second-order valence-electron chi connectivity index (χ2n) is 3.27. The molecule has 0 N–H and O–H groups in total. The maximum Gasteiger partial charge on any atom is 0.256 e. The average molecular weight is 202 g/mol. The van der Waals surface area contributed by atoms with Crippen LogP contribution in [0.2, 0.25) is 0 Å². The van der Waals surface area contributed by atoms with Crippen LogP contribution >= 0.6 is 0 Å². The second-order valence-corrected chi connectivity index (χ2v) is 3.27. The van der Waals surface area contributed by atoms with Crippen molar-refractivity contribution in [2.75, 3.05) is 13.1 Å². The zero-order valence-corrected chi connectivity index (χ0v) is 9.03. The molecule has 0 radical (unpaired) electrons. The lowest BCUT2D eigenvalue weighted by Gasteiger charge is -2.17. The minimum absolute atomic E-state index is 0.0633. The highest BCUT2D eigenvalue weighted by atomic mass is 16.2. The molecular weight excluding hydrogens is 188 g/mol. The van der Waals surface area contributed by atoms with Gasteiger partial charge >= 0.3 is 0 Å². The standard InChI is InChI=1S/C12H14N2O/c1-4-6-14(5-2)12(15)11-7-10(3)8-13-9-11/h1,7-9H,5-6H2,2-3H3. The Bertz CT molecular complexity index is 393. The molecule has 0 saturated carbocycles. The van der Waals surface area contributed by atoms with Crippen LogP contribution in [0.15, 0.2) is 18.5 Å². The van der Waals surface area contributed by atoms with E-state index < -0.39 is 0 Å². The Balaban J connectivity index is 2.88. The number of amides is 1. The number of terminal acetylenes is 1. The first-order chi connectivity index (χ1) is 7.19. The van der Waals surface area contributed by atoms with Crippen molar-refractivity contribution in [1.82, 2.24) is 9.88 Å². The van der Waals surface area contributed by atoms with Gasteiger partial charge in [0.2, 0.25) is 0 Å². The highest BCUT2D eigenvalue weighted by Crippen LogP contribution is 2.05. The van der Waals surface area contributed by atoms with Gasteiger partial charge in [-0.1, -0.05) is 5.92 Å². The molecule has 3 nitrogen and oxygen atoms in total. The lowest BCUT2D eigenvalue weighted by molar-refractivity contribution is 0.0784. The summed E-state index contributed by atoms with van der Waals surface area (Å²) in [6.07, 6.45) is 8.47. The maximum absolute atomic E-state index is 11.9. The predicted octanol–water partition coefficient (Wildman–Crippen LogP) is 1.49. The molecule has 0 aliphatic heterocycles. The van der Waals surface area contributed by atoms with Crippen LogP contribution in [-0.4, -0.2) is 28.9 Å². The lowest BCUT2D eigenvalue weighted by Crippen LogP contribution is -2.31. The van der Waals surface area contributed by atoms with Gasteiger partial charge in [0.1, 0.15) is 0 Å². The third kappa shape index (κ3) is 2.81. The van der Waals surface area contributed by atoms with Crippen molar-refractivity contribution in [3.63, 3.8) is 0 Å². The van der Waals surface area contributed by atoms with Crippen LogP contribution in [-0.2, 0) is 0 Å². The maximum atomic E-state index is 11.9. The first-order valence-electron chi connectivity index (χ1n) is 4.83. The van der Waals surface area contributed by atoms with Crippen LogP contribution in [0.25, 0.3) is 0 Å². The molecule has 0 fully saturated rings. The number of pyridine rings is 1. The van der Waals surface area contributed by atoms with Gasteiger partial charge in [-0.2, -0.15) is 0 Å².